The Morgan fingerprint density at radius 1 is 1.41 bits per heavy atom. The Bertz CT molecular complexity index is 1070. The molecule has 0 bridgehead atoms. The highest BCUT2D eigenvalue weighted by molar-refractivity contribution is 14.1. The molecule has 4 rings (SSSR count). The third kappa shape index (κ3) is 3.88. The second-order valence-corrected chi connectivity index (χ2v) is 7.89. The van der Waals surface area contributed by atoms with Crippen molar-refractivity contribution in [3.63, 3.8) is 0 Å². The van der Waals surface area contributed by atoms with E-state index in [1.807, 2.05) is 6.07 Å². The van der Waals surface area contributed by atoms with Crippen LogP contribution in [0.2, 0.25) is 5.02 Å². The second kappa shape index (κ2) is 8.15. The third-order valence-electron chi connectivity index (χ3n) is 4.56. The number of benzene rings is 2. The predicted molar refractivity (Wildman–Crippen MR) is 113 cm³/mol. The lowest BCUT2D eigenvalue weighted by Gasteiger charge is -2.25. The molecule has 1 N–H and O–H groups in total. The summed E-state index contributed by atoms with van der Waals surface area (Å²) in [6.45, 7) is -0.0454. The van der Waals surface area contributed by atoms with Gasteiger partial charge in [-0.3, -0.25) is 10.1 Å². The van der Waals surface area contributed by atoms with Gasteiger partial charge in [0, 0.05) is 5.56 Å². The average molecular weight is 529 g/mol. The van der Waals surface area contributed by atoms with Crippen LogP contribution in [0, 0.1) is 9.39 Å². The smallest absolute Gasteiger partial charge is 0.229 e. The molecule has 1 aromatic heterocycles. The standard InChI is InChI=1S/C19H15ClFIN4O3/c1-28-16-6-10(15-7-17(27)25-19-23-9-24-26(15)19)5-14(22)18(16)29-8-11-12(20)3-2-4-13(11)21/h2-6,9,15H,7-8H2,1H3,(H,23,24,25,27)/t15-/m1/s1. The van der Waals surface area contributed by atoms with Crippen molar-refractivity contribution in [3.8, 4) is 11.5 Å². The summed E-state index contributed by atoms with van der Waals surface area (Å²) in [5, 5.41) is 7.19. The highest BCUT2D eigenvalue weighted by Crippen LogP contribution is 2.39. The summed E-state index contributed by atoms with van der Waals surface area (Å²) in [5.74, 6) is 0.756. The van der Waals surface area contributed by atoms with Crippen LogP contribution in [0.1, 0.15) is 23.6 Å². The number of rotatable bonds is 5. The monoisotopic (exact) mass is 528 g/mol. The van der Waals surface area contributed by atoms with Gasteiger partial charge in [-0.2, -0.15) is 10.1 Å². The van der Waals surface area contributed by atoms with E-state index < -0.39 is 5.82 Å². The SMILES string of the molecule is COc1cc([C@H]2CC(=O)Nc3ncnn32)cc(I)c1OCc1c(F)cccc1Cl. The summed E-state index contributed by atoms with van der Waals surface area (Å²) in [6.07, 6.45) is 1.62. The third-order valence-corrected chi connectivity index (χ3v) is 5.71. The zero-order chi connectivity index (χ0) is 20.5. The largest absolute Gasteiger partial charge is 0.493 e. The Balaban J connectivity index is 1.66. The highest BCUT2D eigenvalue weighted by Gasteiger charge is 2.29. The molecular formula is C19H15ClFIN4O3. The van der Waals surface area contributed by atoms with E-state index in [1.165, 1.54) is 19.5 Å². The summed E-state index contributed by atoms with van der Waals surface area (Å²) in [7, 11) is 1.52. The average Bonchev–Trinajstić information content (AvgIpc) is 3.15. The van der Waals surface area contributed by atoms with Crippen LogP contribution in [0.4, 0.5) is 10.3 Å². The van der Waals surface area contributed by atoms with Gasteiger partial charge >= 0.3 is 0 Å². The van der Waals surface area contributed by atoms with Gasteiger partial charge in [-0.25, -0.2) is 9.07 Å². The molecule has 2 heterocycles. The van der Waals surface area contributed by atoms with Crippen molar-refractivity contribution in [2.24, 2.45) is 0 Å². The molecule has 0 spiro atoms. The molecule has 1 amide bonds. The number of amides is 1. The van der Waals surface area contributed by atoms with Crippen LogP contribution in [0.15, 0.2) is 36.7 Å². The Labute approximate surface area is 184 Å². The Morgan fingerprint density at radius 3 is 3.00 bits per heavy atom. The number of hydrogen-bond donors (Lipinski definition) is 1. The van der Waals surface area contributed by atoms with Crippen LogP contribution in [0.25, 0.3) is 0 Å². The molecule has 3 aromatic rings. The molecule has 0 saturated heterocycles. The van der Waals surface area contributed by atoms with Gasteiger partial charge in [-0.05, 0) is 52.4 Å². The van der Waals surface area contributed by atoms with Crippen LogP contribution in [-0.2, 0) is 11.4 Å². The van der Waals surface area contributed by atoms with E-state index in [9.17, 15) is 9.18 Å². The number of carbonyl (C=O) groups is 1. The second-order valence-electron chi connectivity index (χ2n) is 6.32. The molecule has 0 fully saturated rings. The number of halogens is 3. The first kappa shape index (κ1) is 19.9. The molecule has 1 aliphatic rings. The number of carbonyl (C=O) groups excluding carboxylic acids is 1. The Morgan fingerprint density at radius 2 is 2.24 bits per heavy atom. The van der Waals surface area contributed by atoms with Crippen molar-refractivity contribution in [2.45, 2.75) is 19.1 Å². The summed E-state index contributed by atoms with van der Waals surface area (Å²) in [6, 6.07) is 7.83. The fourth-order valence-corrected chi connectivity index (χ4v) is 4.15. The van der Waals surface area contributed by atoms with Crippen LogP contribution in [-0.4, -0.2) is 27.8 Å². The normalized spacial score (nSPS) is 15.6. The quantitative estimate of drug-likeness (QED) is 0.503. The molecule has 0 unspecified atom stereocenters. The van der Waals surface area contributed by atoms with Gasteiger partial charge in [0.25, 0.3) is 0 Å². The van der Waals surface area contributed by atoms with Gasteiger partial charge in [0.1, 0.15) is 18.8 Å². The highest BCUT2D eigenvalue weighted by atomic mass is 127. The fourth-order valence-electron chi connectivity index (χ4n) is 3.15. The van der Waals surface area contributed by atoms with Gasteiger partial charge in [0.05, 0.1) is 28.2 Å². The first-order valence-corrected chi connectivity index (χ1v) is 10.1. The number of hydrogen-bond acceptors (Lipinski definition) is 5. The lowest BCUT2D eigenvalue weighted by atomic mass is 10.0. The molecular weight excluding hydrogens is 514 g/mol. The lowest BCUT2D eigenvalue weighted by Crippen LogP contribution is -2.29. The minimum atomic E-state index is -0.435. The van der Waals surface area contributed by atoms with Crippen molar-refractivity contribution < 1.29 is 18.7 Å². The van der Waals surface area contributed by atoms with E-state index in [2.05, 4.69) is 38.0 Å². The fraction of sp³-hybridized carbons (Fsp3) is 0.211. The first-order chi connectivity index (χ1) is 14.0. The summed E-state index contributed by atoms with van der Waals surface area (Å²) in [5.41, 5.74) is 1.09. The van der Waals surface area contributed by atoms with Crippen LogP contribution >= 0.6 is 34.2 Å². The molecule has 150 valence electrons. The number of anilines is 1. The summed E-state index contributed by atoms with van der Waals surface area (Å²) < 4.78 is 27.8. The zero-order valence-corrected chi connectivity index (χ0v) is 18.1. The number of ether oxygens (including phenoxy) is 2. The van der Waals surface area contributed by atoms with Gasteiger partial charge in [-0.15, -0.1) is 0 Å². The number of fused-ring (bicyclic) bond motifs is 1. The van der Waals surface area contributed by atoms with Crippen molar-refractivity contribution in [3.05, 3.63) is 62.2 Å². The molecule has 1 atom stereocenters. The van der Waals surface area contributed by atoms with E-state index in [1.54, 1.807) is 22.9 Å². The van der Waals surface area contributed by atoms with E-state index in [0.717, 1.165) is 9.13 Å². The van der Waals surface area contributed by atoms with Gasteiger partial charge in [0.15, 0.2) is 11.5 Å². The maximum absolute atomic E-state index is 14.0. The van der Waals surface area contributed by atoms with Crippen LogP contribution < -0.4 is 14.8 Å². The molecule has 29 heavy (non-hydrogen) atoms. The number of nitrogens with one attached hydrogen (secondary N) is 1. The predicted octanol–water partition coefficient (Wildman–Crippen LogP) is 4.19. The molecule has 7 nitrogen and oxygen atoms in total. The summed E-state index contributed by atoms with van der Waals surface area (Å²) >= 11 is 8.20. The Hall–Kier alpha value is -2.40. The van der Waals surface area contributed by atoms with Gasteiger partial charge in [-0.1, -0.05) is 17.7 Å². The molecule has 0 radical (unpaired) electrons. The first-order valence-electron chi connectivity index (χ1n) is 8.60. The molecule has 0 aliphatic carbocycles. The minimum absolute atomic E-state index is 0.0454. The van der Waals surface area contributed by atoms with Gasteiger partial charge in [0.2, 0.25) is 11.9 Å². The summed E-state index contributed by atoms with van der Waals surface area (Å²) in [4.78, 5) is 16.1. The van der Waals surface area contributed by atoms with E-state index >= 15 is 0 Å². The van der Waals surface area contributed by atoms with Gasteiger partial charge < -0.3 is 9.47 Å². The molecule has 2 aromatic carbocycles. The molecule has 0 saturated carbocycles. The Kier molecular flexibility index (Phi) is 5.59. The lowest BCUT2D eigenvalue weighted by molar-refractivity contribution is -0.117. The van der Waals surface area contributed by atoms with Crippen LogP contribution in [0.3, 0.4) is 0 Å². The van der Waals surface area contributed by atoms with E-state index in [4.69, 9.17) is 21.1 Å². The van der Waals surface area contributed by atoms with Crippen molar-refractivity contribution in [2.75, 3.05) is 12.4 Å². The van der Waals surface area contributed by atoms with Crippen molar-refractivity contribution >= 4 is 46.0 Å². The zero-order valence-electron chi connectivity index (χ0n) is 15.2. The van der Waals surface area contributed by atoms with Crippen molar-refractivity contribution in [1.82, 2.24) is 14.8 Å². The minimum Gasteiger partial charge on any atom is -0.493 e. The molecule has 10 heteroatoms. The van der Waals surface area contributed by atoms with E-state index in [-0.39, 0.29) is 30.5 Å². The molecule has 1 aliphatic heterocycles. The topological polar surface area (TPSA) is 78.3 Å². The maximum atomic E-state index is 14.0. The number of methoxy groups -OCH3 is 1. The maximum Gasteiger partial charge on any atom is 0.229 e. The number of nitrogens with zero attached hydrogens (tertiary/aromatic N) is 3. The van der Waals surface area contributed by atoms with Crippen molar-refractivity contribution in [1.29, 1.82) is 0 Å². The number of aromatic nitrogens is 3. The van der Waals surface area contributed by atoms with E-state index in [0.29, 0.717) is 22.5 Å². The van der Waals surface area contributed by atoms with Crippen LogP contribution in [0.5, 0.6) is 11.5 Å².